The van der Waals surface area contributed by atoms with Crippen molar-refractivity contribution in [2.75, 3.05) is 26.9 Å². The van der Waals surface area contributed by atoms with Crippen LogP contribution in [0.3, 0.4) is 0 Å². The van der Waals surface area contributed by atoms with E-state index < -0.39 is 5.97 Å². The molecule has 0 heterocycles. The highest BCUT2D eigenvalue weighted by molar-refractivity contribution is 5.93. The van der Waals surface area contributed by atoms with Crippen LogP contribution in [-0.4, -0.2) is 32.9 Å². The van der Waals surface area contributed by atoms with E-state index in [9.17, 15) is 4.79 Å². The molecule has 0 aromatic carbocycles. The van der Waals surface area contributed by atoms with E-state index >= 15 is 0 Å². The lowest BCUT2D eigenvalue weighted by Crippen LogP contribution is -2.15. The lowest BCUT2D eigenvalue weighted by atomic mass is 10.1. The number of hydrogen-bond donors (Lipinski definition) is 0. The molecule has 0 aromatic heterocycles. The average molecular weight is 241 g/mol. The second-order valence-corrected chi connectivity index (χ2v) is 3.54. The number of hydrogen-bond acceptors (Lipinski definition) is 5. The molecular weight excluding hydrogens is 222 g/mol. The van der Waals surface area contributed by atoms with Crippen molar-refractivity contribution in [3.63, 3.8) is 0 Å². The van der Waals surface area contributed by atoms with E-state index in [1.54, 1.807) is 0 Å². The van der Waals surface area contributed by atoms with Crippen molar-refractivity contribution in [3.8, 4) is 6.07 Å². The van der Waals surface area contributed by atoms with Gasteiger partial charge in [0.2, 0.25) is 0 Å². The number of rotatable bonds is 7. The zero-order valence-corrected chi connectivity index (χ0v) is 10.8. The number of allylic oxidation sites excluding steroid dienone is 1. The zero-order chi connectivity index (χ0) is 13.3. The molecule has 0 aliphatic rings. The first kappa shape index (κ1) is 15.5. The quantitative estimate of drug-likeness (QED) is 0.223. The summed E-state index contributed by atoms with van der Waals surface area (Å²) in [5.74, 6) is -0.374. The third-order valence-corrected chi connectivity index (χ3v) is 1.97. The molecule has 0 bridgehead atoms. The number of carbonyl (C=O) groups is 1. The molecule has 0 atom stereocenters. The summed E-state index contributed by atoms with van der Waals surface area (Å²) in [6, 6.07) is 1.81. The van der Waals surface area contributed by atoms with E-state index in [2.05, 4.69) is 0 Å². The summed E-state index contributed by atoms with van der Waals surface area (Å²) >= 11 is 0. The highest BCUT2D eigenvalue weighted by atomic mass is 16.6. The minimum absolute atomic E-state index is 0.0471. The van der Waals surface area contributed by atoms with Gasteiger partial charge in [0.15, 0.2) is 5.57 Å². The molecule has 0 fully saturated rings. The first-order valence-corrected chi connectivity index (χ1v) is 5.51. The molecule has 0 unspecified atom stereocenters. The standard InChI is InChI=1S/C12H19NO4/c1-5-16-6-7-17-12(14)10(8-13)11(15-4)9(2)3/h9H,5-7H2,1-4H3/b11-10-. The molecule has 5 nitrogen and oxygen atoms in total. The number of nitrogens with zero attached hydrogens (tertiary/aromatic N) is 1. The van der Waals surface area contributed by atoms with Gasteiger partial charge in [0.1, 0.15) is 18.4 Å². The summed E-state index contributed by atoms with van der Waals surface area (Å²) in [6.07, 6.45) is 0. The van der Waals surface area contributed by atoms with Crippen molar-refractivity contribution in [3.05, 3.63) is 11.3 Å². The van der Waals surface area contributed by atoms with Crippen LogP contribution in [-0.2, 0) is 19.0 Å². The van der Waals surface area contributed by atoms with Crippen LogP contribution in [0.4, 0.5) is 0 Å². The van der Waals surface area contributed by atoms with E-state index in [0.717, 1.165) is 0 Å². The Morgan fingerprint density at radius 3 is 2.41 bits per heavy atom. The number of nitriles is 1. The Kier molecular flexibility index (Phi) is 7.82. The predicted octanol–water partition coefficient (Wildman–Crippen LogP) is 1.65. The van der Waals surface area contributed by atoms with Crippen LogP contribution in [0, 0.1) is 17.2 Å². The Morgan fingerprint density at radius 1 is 1.35 bits per heavy atom. The molecule has 0 saturated carbocycles. The number of ether oxygens (including phenoxy) is 3. The third kappa shape index (κ3) is 5.36. The monoisotopic (exact) mass is 241 g/mol. The van der Waals surface area contributed by atoms with Crippen LogP contribution in [0.25, 0.3) is 0 Å². The summed E-state index contributed by atoms with van der Waals surface area (Å²) in [4.78, 5) is 11.6. The summed E-state index contributed by atoms with van der Waals surface area (Å²) in [5, 5.41) is 8.93. The molecule has 0 radical (unpaired) electrons. The SMILES string of the molecule is CCOCCOC(=O)/C(C#N)=C(\OC)C(C)C. The van der Waals surface area contributed by atoms with Crippen molar-refractivity contribution < 1.29 is 19.0 Å². The molecule has 0 aliphatic carbocycles. The second-order valence-electron chi connectivity index (χ2n) is 3.54. The number of esters is 1. The van der Waals surface area contributed by atoms with Gasteiger partial charge in [-0.3, -0.25) is 0 Å². The molecule has 5 heteroatoms. The van der Waals surface area contributed by atoms with E-state index in [-0.39, 0.29) is 18.1 Å². The Bertz CT molecular complexity index is 315. The van der Waals surface area contributed by atoms with Crippen molar-refractivity contribution in [2.45, 2.75) is 20.8 Å². The van der Waals surface area contributed by atoms with Crippen LogP contribution < -0.4 is 0 Å². The lowest BCUT2D eigenvalue weighted by molar-refractivity contribution is -0.140. The van der Waals surface area contributed by atoms with Gasteiger partial charge < -0.3 is 14.2 Å². The molecule has 0 aliphatic heterocycles. The van der Waals surface area contributed by atoms with Crippen LogP contribution >= 0.6 is 0 Å². The fourth-order valence-corrected chi connectivity index (χ4v) is 1.24. The van der Waals surface area contributed by atoms with Gasteiger partial charge in [-0.05, 0) is 6.92 Å². The molecular formula is C12H19NO4. The van der Waals surface area contributed by atoms with Crippen LogP contribution in [0.2, 0.25) is 0 Å². The van der Waals surface area contributed by atoms with Crippen molar-refractivity contribution in [2.24, 2.45) is 5.92 Å². The zero-order valence-electron chi connectivity index (χ0n) is 10.8. The van der Waals surface area contributed by atoms with Gasteiger partial charge in [0.05, 0.1) is 13.7 Å². The first-order valence-electron chi connectivity index (χ1n) is 5.51. The second kappa shape index (κ2) is 8.59. The minimum Gasteiger partial charge on any atom is -0.499 e. The van der Waals surface area contributed by atoms with Gasteiger partial charge in [-0.2, -0.15) is 5.26 Å². The smallest absolute Gasteiger partial charge is 0.352 e. The predicted molar refractivity (Wildman–Crippen MR) is 61.9 cm³/mol. The van der Waals surface area contributed by atoms with Crippen LogP contribution in [0.15, 0.2) is 11.3 Å². The number of carbonyl (C=O) groups excluding carboxylic acids is 1. The van der Waals surface area contributed by atoms with Crippen LogP contribution in [0.5, 0.6) is 0 Å². The Morgan fingerprint density at radius 2 is 2.00 bits per heavy atom. The van der Waals surface area contributed by atoms with Gasteiger partial charge in [-0.25, -0.2) is 4.79 Å². The van der Waals surface area contributed by atoms with Gasteiger partial charge in [0, 0.05) is 12.5 Å². The molecule has 96 valence electrons. The van der Waals surface area contributed by atoms with Crippen molar-refractivity contribution >= 4 is 5.97 Å². The summed E-state index contributed by atoms with van der Waals surface area (Å²) < 4.78 is 15.0. The summed E-state index contributed by atoms with van der Waals surface area (Å²) in [6.45, 7) is 6.54. The highest BCUT2D eigenvalue weighted by Crippen LogP contribution is 2.16. The molecule has 0 N–H and O–H groups in total. The molecule has 0 rings (SSSR count). The topological polar surface area (TPSA) is 68.5 Å². The molecule has 17 heavy (non-hydrogen) atoms. The third-order valence-electron chi connectivity index (χ3n) is 1.97. The minimum atomic E-state index is -0.669. The Hall–Kier alpha value is -1.54. The maximum Gasteiger partial charge on any atom is 0.352 e. The fraction of sp³-hybridized carbons (Fsp3) is 0.667. The molecule has 0 saturated heterocycles. The van der Waals surface area contributed by atoms with Gasteiger partial charge in [0.25, 0.3) is 0 Å². The maximum absolute atomic E-state index is 11.6. The van der Waals surface area contributed by atoms with Gasteiger partial charge >= 0.3 is 5.97 Å². The van der Waals surface area contributed by atoms with Gasteiger partial charge in [-0.15, -0.1) is 0 Å². The van der Waals surface area contributed by atoms with E-state index in [1.165, 1.54) is 7.11 Å². The van der Waals surface area contributed by atoms with Crippen molar-refractivity contribution in [1.29, 1.82) is 5.26 Å². The van der Waals surface area contributed by atoms with E-state index in [0.29, 0.717) is 19.0 Å². The first-order chi connectivity index (χ1) is 8.08. The van der Waals surface area contributed by atoms with Crippen LogP contribution in [0.1, 0.15) is 20.8 Å². The van der Waals surface area contributed by atoms with E-state index in [4.69, 9.17) is 19.5 Å². The Labute approximate surface area is 102 Å². The molecule has 0 aromatic rings. The number of methoxy groups -OCH3 is 1. The van der Waals surface area contributed by atoms with Gasteiger partial charge in [-0.1, -0.05) is 13.8 Å². The highest BCUT2D eigenvalue weighted by Gasteiger charge is 2.19. The largest absolute Gasteiger partial charge is 0.499 e. The normalized spacial score (nSPS) is 11.8. The summed E-state index contributed by atoms with van der Waals surface area (Å²) in [7, 11) is 1.43. The average Bonchev–Trinajstić information content (AvgIpc) is 2.30. The maximum atomic E-state index is 11.6. The molecule has 0 spiro atoms. The Balaban J connectivity index is 4.56. The molecule has 0 amide bonds. The fourth-order valence-electron chi connectivity index (χ4n) is 1.24. The summed E-state index contributed by atoms with van der Waals surface area (Å²) in [5.41, 5.74) is -0.0843. The lowest BCUT2D eigenvalue weighted by Gasteiger charge is -2.12. The van der Waals surface area contributed by atoms with E-state index in [1.807, 2.05) is 26.8 Å². The van der Waals surface area contributed by atoms with Crippen molar-refractivity contribution in [1.82, 2.24) is 0 Å².